The fraction of sp³-hybridized carbons (Fsp3) is 0.625. The third-order valence-corrected chi connectivity index (χ3v) is 4.98. The standard InChI is InChI=1S/C16H23N5.2ClH/c17-12-5-6-13(9-12)19-16-10-14(11-3-1-2-4-11)20-15-7-8-18-21(15)16;;/h7-8,10-13,19H,1-6,9,17H2;2*1H/t12-,13-;;/m0../s1. The van der Waals surface area contributed by atoms with Crippen molar-refractivity contribution in [2.24, 2.45) is 5.73 Å². The van der Waals surface area contributed by atoms with E-state index in [2.05, 4.69) is 16.5 Å². The summed E-state index contributed by atoms with van der Waals surface area (Å²) in [5, 5.41) is 8.05. The van der Waals surface area contributed by atoms with Gasteiger partial charge < -0.3 is 11.1 Å². The fourth-order valence-electron chi connectivity index (χ4n) is 3.82. The van der Waals surface area contributed by atoms with E-state index in [1.165, 1.54) is 31.4 Å². The average molecular weight is 358 g/mol. The van der Waals surface area contributed by atoms with E-state index >= 15 is 0 Å². The number of nitrogens with one attached hydrogen (secondary N) is 1. The molecule has 7 heteroatoms. The van der Waals surface area contributed by atoms with Crippen LogP contribution in [0.4, 0.5) is 5.82 Å². The number of halogens is 2. The Hall–Kier alpha value is -1.04. The highest BCUT2D eigenvalue weighted by Gasteiger charge is 2.24. The molecule has 2 atom stereocenters. The number of nitrogens with zero attached hydrogens (tertiary/aromatic N) is 3. The zero-order chi connectivity index (χ0) is 14.2. The minimum atomic E-state index is 0. The van der Waals surface area contributed by atoms with Gasteiger partial charge in [-0.25, -0.2) is 4.98 Å². The molecular formula is C16H25Cl2N5. The molecule has 128 valence electrons. The zero-order valence-corrected chi connectivity index (χ0v) is 14.8. The third kappa shape index (κ3) is 3.73. The van der Waals surface area contributed by atoms with E-state index in [9.17, 15) is 0 Å². The molecule has 3 N–H and O–H groups in total. The van der Waals surface area contributed by atoms with Gasteiger partial charge in [-0.15, -0.1) is 24.8 Å². The first kappa shape index (κ1) is 18.3. The molecule has 0 unspecified atom stereocenters. The number of nitrogens with two attached hydrogens (primary N) is 1. The molecule has 0 aliphatic heterocycles. The minimum Gasteiger partial charge on any atom is -0.367 e. The van der Waals surface area contributed by atoms with Crippen LogP contribution >= 0.6 is 24.8 Å². The SMILES string of the molecule is Cl.Cl.N[C@H]1CC[C@H](Nc2cc(C3CCCC3)nc3ccnn23)C1. The van der Waals surface area contributed by atoms with E-state index in [0.717, 1.165) is 30.7 Å². The highest BCUT2D eigenvalue weighted by Crippen LogP contribution is 2.34. The minimum absolute atomic E-state index is 0. The number of hydrogen-bond acceptors (Lipinski definition) is 4. The monoisotopic (exact) mass is 357 g/mol. The van der Waals surface area contributed by atoms with Crippen molar-refractivity contribution in [2.45, 2.75) is 62.9 Å². The van der Waals surface area contributed by atoms with E-state index in [0.29, 0.717) is 18.0 Å². The molecule has 23 heavy (non-hydrogen) atoms. The number of anilines is 1. The van der Waals surface area contributed by atoms with Crippen LogP contribution in [0.1, 0.15) is 56.6 Å². The van der Waals surface area contributed by atoms with E-state index in [1.807, 2.05) is 16.8 Å². The van der Waals surface area contributed by atoms with Crippen LogP contribution in [0.5, 0.6) is 0 Å². The molecule has 2 aromatic heterocycles. The number of hydrogen-bond donors (Lipinski definition) is 2. The molecule has 5 nitrogen and oxygen atoms in total. The van der Waals surface area contributed by atoms with Crippen LogP contribution in [-0.2, 0) is 0 Å². The van der Waals surface area contributed by atoms with Crippen LogP contribution in [-0.4, -0.2) is 26.7 Å². The quantitative estimate of drug-likeness (QED) is 0.881. The van der Waals surface area contributed by atoms with Gasteiger partial charge in [0.15, 0.2) is 5.65 Å². The van der Waals surface area contributed by atoms with Gasteiger partial charge in [0.2, 0.25) is 0 Å². The Bertz CT molecular complexity index is 638. The van der Waals surface area contributed by atoms with E-state index in [4.69, 9.17) is 10.7 Å². The molecule has 2 heterocycles. The van der Waals surface area contributed by atoms with Crippen molar-refractivity contribution in [3.63, 3.8) is 0 Å². The Morgan fingerprint density at radius 3 is 2.61 bits per heavy atom. The predicted octanol–water partition coefficient (Wildman–Crippen LogP) is 3.52. The van der Waals surface area contributed by atoms with Crippen LogP contribution in [0.3, 0.4) is 0 Å². The van der Waals surface area contributed by atoms with Gasteiger partial charge in [0, 0.05) is 35.8 Å². The average Bonchev–Trinajstić information content (AvgIpc) is 3.18. The highest BCUT2D eigenvalue weighted by molar-refractivity contribution is 5.85. The molecule has 2 aliphatic rings. The molecule has 2 aliphatic carbocycles. The van der Waals surface area contributed by atoms with Gasteiger partial charge in [0.05, 0.1) is 6.20 Å². The summed E-state index contributed by atoms with van der Waals surface area (Å²) in [6, 6.07) is 5.00. The van der Waals surface area contributed by atoms with Gasteiger partial charge in [-0.1, -0.05) is 12.8 Å². The Kier molecular flexibility index (Phi) is 6.12. The van der Waals surface area contributed by atoms with E-state index < -0.39 is 0 Å². The summed E-state index contributed by atoms with van der Waals surface area (Å²) in [5.41, 5.74) is 8.20. The summed E-state index contributed by atoms with van der Waals surface area (Å²) in [5.74, 6) is 1.70. The van der Waals surface area contributed by atoms with Gasteiger partial charge >= 0.3 is 0 Å². The number of rotatable bonds is 3. The lowest BCUT2D eigenvalue weighted by molar-refractivity contribution is 0.678. The number of aromatic nitrogens is 3. The molecule has 0 bridgehead atoms. The van der Waals surface area contributed by atoms with Crippen molar-refractivity contribution in [3.8, 4) is 0 Å². The second-order valence-corrected chi connectivity index (χ2v) is 6.56. The molecule has 0 saturated heterocycles. The summed E-state index contributed by atoms with van der Waals surface area (Å²) in [6.45, 7) is 0. The highest BCUT2D eigenvalue weighted by atomic mass is 35.5. The lowest BCUT2D eigenvalue weighted by Crippen LogP contribution is -2.22. The van der Waals surface area contributed by atoms with Crippen LogP contribution < -0.4 is 11.1 Å². The van der Waals surface area contributed by atoms with Gasteiger partial charge in [-0.2, -0.15) is 9.61 Å². The van der Waals surface area contributed by atoms with Crippen LogP contribution in [0, 0.1) is 0 Å². The fourth-order valence-corrected chi connectivity index (χ4v) is 3.82. The van der Waals surface area contributed by atoms with Gasteiger partial charge in [-0.05, 0) is 32.1 Å². The summed E-state index contributed by atoms with van der Waals surface area (Å²) in [4.78, 5) is 4.80. The maximum Gasteiger partial charge on any atom is 0.157 e. The van der Waals surface area contributed by atoms with E-state index in [-0.39, 0.29) is 24.8 Å². The second kappa shape index (κ2) is 7.69. The maximum absolute atomic E-state index is 6.03. The molecule has 0 spiro atoms. The first-order chi connectivity index (χ1) is 10.3. The summed E-state index contributed by atoms with van der Waals surface area (Å²) in [7, 11) is 0. The molecule has 2 saturated carbocycles. The van der Waals surface area contributed by atoms with Gasteiger partial charge in [0.1, 0.15) is 5.82 Å². The Balaban J connectivity index is 0.000000960. The molecule has 0 amide bonds. The Morgan fingerprint density at radius 2 is 1.91 bits per heavy atom. The first-order valence-electron chi connectivity index (χ1n) is 8.16. The van der Waals surface area contributed by atoms with Crippen molar-refractivity contribution >= 4 is 36.3 Å². The summed E-state index contributed by atoms with van der Waals surface area (Å²) in [6.07, 6.45) is 10.3. The summed E-state index contributed by atoms with van der Waals surface area (Å²) < 4.78 is 1.92. The first-order valence-corrected chi connectivity index (χ1v) is 8.16. The van der Waals surface area contributed by atoms with Gasteiger partial charge in [-0.3, -0.25) is 0 Å². The second-order valence-electron chi connectivity index (χ2n) is 6.56. The smallest absolute Gasteiger partial charge is 0.157 e. The third-order valence-electron chi connectivity index (χ3n) is 4.98. The van der Waals surface area contributed by atoms with Crippen molar-refractivity contribution in [3.05, 3.63) is 24.0 Å². The van der Waals surface area contributed by atoms with E-state index in [1.54, 1.807) is 0 Å². The van der Waals surface area contributed by atoms with Crippen molar-refractivity contribution < 1.29 is 0 Å². The van der Waals surface area contributed by atoms with Crippen molar-refractivity contribution in [1.29, 1.82) is 0 Å². The molecular weight excluding hydrogens is 333 g/mol. The summed E-state index contributed by atoms with van der Waals surface area (Å²) >= 11 is 0. The van der Waals surface area contributed by atoms with Crippen LogP contribution in [0.2, 0.25) is 0 Å². The van der Waals surface area contributed by atoms with Gasteiger partial charge in [0.25, 0.3) is 0 Å². The zero-order valence-electron chi connectivity index (χ0n) is 13.1. The maximum atomic E-state index is 6.03. The predicted molar refractivity (Wildman–Crippen MR) is 97.9 cm³/mol. The molecule has 2 fully saturated rings. The Morgan fingerprint density at radius 1 is 1.13 bits per heavy atom. The lowest BCUT2D eigenvalue weighted by Gasteiger charge is -2.17. The Labute approximate surface area is 149 Å². The largest absolute Gasteiger partial charge is 0.367 e. The number of fused-ring (bicyclic) bond motifs is 1. The molecule has 2 aromatic rings. The van der Waals surface area contributed by atoms with Crippen molar-refractivity contribution in [1.82, 2.24) is 14.6 Å². The van der Waals surface area contributed by atoms with Crippen LogP contribution in [0.25, 0.3) is 5.65 Å². The topological polar surface area (TPSA) is 68.2 Å². The van der Waals surface area contributed by atoms with Crippen LogP contribution in [0.15, 0.2) is 18.3 Å². The molecule has 4 rings (SSSR count). The molecule has 0 radical (unpaired) electrons. The lowest BCUT2D eigenvalue weighted by atomic mass is 10.0. The molecule has 0 aromatic carbocycles. The van der Waals surface area contributed by atoms with Crippen molar-refractivity contribution in [2.75, 3.05) is 5.32 Å². The normalized spacial score (nSPS) is 24.4.